The molecule has 2 rings (SSSR count). The maximum atomic E-state index is 9.87. The lowest BCUT2D eigenvalue weighted by Gasteiger charge is -2.39. The van der Waals surface area contributed by atoms with Gasteiger partial charge in [-0.2, -0.15) is 16.7 Å². The number of aliphatic hydroxyl groups is 2. The topological polar surface area (TPSA) is 82.6 Å². The summed E-state index contributed by atoms with van der Waals surface area (Å²) in [7, 11) is 0. The van der Waals surface area contributed by atoms with Crippen molar-refractivity contribution < 1.29 is 14.7 Å². The van der Waals surface area contributed by atoms with Crippen LogP contribution in [0.15, 0.2) is 4.52 Å². The molecule has 0 amide bonds. The summed E-state index contributed by atoms with van der Waals surface area (Å²) in [4.78, 5) is 6.28. The van der Waals surface area contributed by atoms with Crippen molar-refractivity contribution in [3.8, 4) is 0 Å². The monoisotopic (exact) mass is 273 g/mol. The van der Waals surface area contributed by atoms with Gasteiger partial charge in [0.2, 0.25) is 5.89 Å². The second kappa shape index (κ2) is 5.56. The molecule has 0 aliphatic carbocycles. The van der Waals surface area contributed by atoms with Gasteiger partial charge in [0, 0.05) is 13.1 Å². The Hall–Kier alpha value is -0.630. The van der Waals surface area contributed by atoms with Gasteiger partial charge in [-0.3, -0.25) is 4.90 Å². The van der Waals surface area contributed by atoms with Crippen LogP contribution in [0.1, 0.15) is 25.1 Å². The molecule has 2 heterocycles. The molecule has 0 unspecified atom stereocenters. The first-order valence-electron chi connectivity index (χ1n) is 5.94. The summed E-state index contributed by atoms with van der Waals surface area (Å²) in [6.45, 7) is 3.32. The maximum Gasteiger partial charge on any atom is 0.240 e. The molecular formula is C11H19N3O3S. The van der Waals surface area contributed by atoms with Gasteiger partial charge in [0.15, 0.2) is 5.82 Å². The molecule has 2 atom stereocenters. The average molecular weight is 273 g/mol. The zero-order valence-corrected chi connectivity index (χ0v) is 11.5. The Morgan fingerprint density at radius 3 is 3.06 bits per heavy atom. The fraction of sp³-hybridized carbons (Fsp3) is 0.818. The summed E-state index contributed by atoms with van der Waals surface area (Å²) in [5.74, 6) is 2.00. The lowest BCUT2D eigenvalue weighted by molar-refractivity contribution is -0.109. The number of β-amino-alcohol motifs (C(OH)–C–C–N with tert-alkyl or cyclic N) is 1. The zero-order valence-electron chi connectivity index (χ0n) is 10.7. The van der Waals surface area contributed by atoms with E-state index in [1.807, 2.05) is 11.2 Å². The lowest BCUT2D eigenvalue weighted by Crippen LogP contribution is -2.53. The van der Waals surface area contributed by atoms with Crippen molar-refractivity contribution in [2.45, 2.75) is 37.3 Å². The van der Waals surface area contributed by atoms with Gasteiger partial charge in [-0.25, -0.2) is 0 Å². The van der Waals surface area contributed by atoms with Crippen molar-refractivity contribution in [1.82, 2.24) is 15.0 Å². The number of aliphatic hydroxyl groups excluding tert-OH is 1. The van der Waals surface area contributed by atoms with Gasteiger partial charge < -0.3 is 14.7 Å². The number of rotatable bonds is 4. The van der Waals surface area contributed by atoms with Gasteiger partial charge in [-0.1, -0.05) is 5.16 Å². The molecule has 1 aromatic rings. The standard InChI is InChI=1S/C11H19N3O3S/c1-11(16)3-4-14(5-8(11)15)6-10-12-9(7-18-2)13-17-10/h8,15-16H,3-7H2,1-2H3/t8-,11+/m1/s1. The largest absolute Gasteiger partial charge is 0.389 e. The molecule has 1 aliphatic rings. The van der Waals surface area contributed by atoms with Crippen LogP contribution < -0.4 is 0 Å². The van der Waals surface area contributed by atoms with E-state index in [2.05, 4.69) is 10.1 Å². The molecule has 1 fully saturated rings. The van der Waals surface area contributed by atoms with E-state index < -0.39 is 11.7 Å². The number of piperidine rings is 1. The summed E-state index contributed by atoms with van der Waals surface area (Å²) in [5, 5.41) is 23.6. The Kier molecular flexibility index (Phi) is 4.26. The SMILES string of the molecule is CSCc1noc(CN2CC[C@](C)(O)[C@H](O)C2)n1. The van der Waals surface area contributed by atoms with Crippen LogP contribution in [-0.4, -0.2) is 56.3 Å². The van der Waals surface area contributed by atoms with E-state index in [1.165, 1.54) is 0 Å². The number of hydrogen-bond acceptors (Lipinski definition) is 7. The molecule has 7 heteroatoms. The van der Waals surface area contributed by atoms with E-state index >= 15 is 0 Å². The van der Waals surface area contributed by atoms with Gasteiger partial charge in [0.25, 0.3) is 0 Å². The highest BCUT2D eigenvalue weighted by molar-refractivity contribution is 7.97. The molecule has 0 aromatic carbocycles. The highest BCUT2D eigenvalue weighted by Crippen LogP contribution is 2.22. The van der Waals surface area contributed by atoms with E-state index in [4.69, 9.17) is 4.52 Å². The molecule has 1 aliphatic heterocycles. The van der Waals surface area contributed by atoms with E-state index in [1.54, 1.807) is 18.7 Å². The van der Waals surface area contributed by atoms with Gasteiger partial charge in [0.1, 0.15) is 0 Å². The molecular weight excluding hydrogens is 254 g/mol. The summed E-state index contributed by atoms with van der Waals surface area (Å²) < 4.78 is 5.15. The van der Waals surface area contributed by atoms with E-state index in [9.17, 15) is 10.2 Å². The van der Waals surface area contributed by atoms with Crippen molar-refractivity contribution in [2.24, 2.45) is 0 Å². The smallest absolute Gasteiger partial charge is 0.240 e. The van der Waals surface area contributed by atoms with Crippen molar-refractivity contribution in [2.75, 3.05) is 19.3 Å². The third kappa shape index (κ3) is 3.23. The van der Waals surface area contributed by atoms with Gasteiger partial charge >= 0.3 is 0 Å². The summed E-state index contributed by atoms with van der Waals surface area (Å²) in [5.41, 5.74) is -0.991. The van der Waals surface area contributed by atoms with Crippen molar-refractivity contribution in [1.29, 1.82) is 0 Å². The second-order valence-electron chi connectivity index (χ2n) is 4.90. The minimum atomic E-state index is -0.991. The molecule has 2 N–H and O–H groups in total. The Labute approximate surface area is 110 Å². The summed E-state index contributed by atoms with van der Waals surface area (Å²) in [6.07, 6.45) is 1.79. The van der Waals surface area contributed by atoms with Gasteiger partial charge in [0.05, 0.1) is 24.0 Å². The Morgan fingerprint density at radius 1 is 1.61 bits per heavy atom. The van der Waals surface area contributed by atoms with Crippen LogP contribution in [0.3, 0.4) is 0 Å². The molecule has 0 radical (unpaired) electrons. The quantitative estimate of drug-likeness (QED) is 0.813. The summed E-state index contributed by atoms with van der Waals surface area (Å²) in [6, 6.07) is 0. The fourth-order valence-corrected chi connectivity index (χ4v) is 2.34. The van der Waals surface area contributed by atoms with Crippen molar-refractivity contribution in [3.63, 3.8) is 0 Å². The molecule has 102 valence electrons. The number of likely N-dealkylation sites (tertiary alicyclic amines) is 1. The highest BCUT2D eigenvalue weighted by atomic mass is 32.2. The first kappa shape index (κ1) is 13.8. The second-order valence-corrected chi connectivity index (χ2v) is 5.76. The fourth-order valence-electron chi connectivity index (χ4n) is 1.96. The van der Waals surface area contributed by atoms with Crippen LogP contribution in [0.2, 0.25) is 0 Å². The zero-order chi connectivity index (χ0) is 13.2. The predicted molar refractivity (Wildman–Crippen MR) is 68.0 cm³/mol. The van der Waals surface area contributed by atoms with Crippen molar-refractivity contribution >= 4 is 11.8 Å². The minimum Gasteiger partial charge on any atom is -0.389 e. The lowest BCUT2D eigenvalue weighted by atomic mass is 9.91. The molecule has 18 heavy (non-hydrogen) atoms. The highest BCUT2D eigenvalue weighted by Gasteiger charge is 2.36. The average Bonchev–Trinajstić information content (AvgIpc) is 2.72. The third-order valence-electron chi connectivity index (χ3n) is 3.23. The van der Waals surface area contributed by atoms with E-state index in [0.29, 0.717) is 37.8 Å². The molecule has 1 aromatic heterocycles. The van der Waals surface area contributed by atoms with Crippen LogP contribution in [0.25, 0.3) is 0 Å². The molecule has 6 nitrogen and oxygen atoms in total. The Morgan fingerprint density at radius 2 is 2.39 bits per heavy atom. The van der Waals surface area contributed by atoms with Crippen LogP contribution >= 0.6 is 11.8 Å². The Balaban J connectivity index is 1.90. The van der Waals surface area contributed by atoms with Crippen LogP contribution in [0.4, 0.5) is 0 Å². The maximum absolute atomic E-state index is 9.87. The first-order chi connectivity index (χ1) is 8.51. The number of thioether (sulfide) groups is 1. The predicted octanol–water partition coefficient (Wildman–Crippen LogP) is 0.250. The van der Waals surface area contributed by atoms with Crippen molar-refractivity contribution in [3.05, 3.63) is 11.7 Å². The normalized spacial score (nSPS) is 29.7. The summed E-state index contributed by atoms with van der Waals surface area (Å²) >= 11 is 1.64. The third-order valence-corrected chi connectivity index (χ3v) is 3.77. The van der Waals surface area contributed by atoms with Crippen LogP contribution in [-0.2, 0) is 12.3 Å². The molecule has 0 spiro atoms. The first-order valence-corrected chi connectivity index (χ1v) is 7.34. The Bertz CT molecular complexity index is 397. The van der Waals surface area contributed by atoms with Gasteiger partial charge in [-0.15, -0.1) is 0 Å². The molecule has 0 saturated carbocycles. The van der Waals surface area contributed by atoms with E-state index in [0.717, 1.165) is 5.75 Å². The molecule has 1 saturated heterocycles. The van der Waals surface area contributed by atoms with Crippen LogP contribution in [0, 0.1) is 0 Å². The van der Waals surface area contributed by atoms with Gasteiger partial charge in [-0.05, 0) is 19.6 Å². The molecule has 0 bridgehead atoms. The van der Waals surface area contributed by atoms with Crippen LogP contribution in [0.5, 0.6) is 0 Å². The number of nitrogens with zero attached hydrogens (tertiary/aromatic N) is 3. The number of hydrogen-bond donors (Lipinski definition) is 2. The minimum absolute atomic E-state index is 0.424. The van der Waals surface area contributed by atoms with E-state index in [-0.39, 0.29) is 0 Å². The number of aromatic nitrogens is 2.